The number of benzene rings is 2. The molecule has 0 aromatic heterocycles. The second kappa shape index (κ2) is 8.27. The average molecular weight is 438 g/mol. The minimum absolute atomic E-state index is 0.0204. The van der Waals surface area contributed by atoms with Crippen LogP contribution in [0, 0.1) is 0 Å². The van der Waals surface area contributed by atoms with Crippen molar-refractivity contribution in [1.82, 2.24) is 0 Å². The van der Waals surface area contributed by atoms with Gasteiger partial charge in [-0.25, -0.2) is 8.42 Å². The third kappa shape index (κ3) is 5.29. The number of hydrogen-bond donors (Lipinski definition) is 2. The van der Waals surface area contributed by atoms with Gasteiger partial charge in [0.15, 0.2) is 15.6 Å². The molecule has 0 aliphatic rings. The van der Waals surface area contributed by atoms with Crippen LogP contribution in [-0.4, -0.2) is 31.8 Å². The van der Waals surface area contributed by atoms with Gasteiger partial charge in [-0.2, -0.15) is 13.2 Å². The lowest BCUT2D eigenvalue weighted by Gasteiger charge is -2.16. The summed E-state index contributed by atoms with van der Waals surface area (Å²) in [5.74, 6) is -1.96. The average Bonchev–Trinajstić information content (AvgIpc) is 2.60. The summed E-state index contributed by atoms with van der Waals surface area (Å²) in [7, 11) is -4.11. The molecule has 28 heavy (non-hydrogen) atoms. The molecule has 0 atom stereocenters. The van der Waals surface area contributed by atoms with E-state index in [2.05, 4.69) is 5.32 Å². The van der Waals surface area contributed by atoms with E-state index in [-0.39, 0.29) is 22.2 Å². The van der Waals surface area contributed by atoms with Crippen LogP contribution in [0.5, 0.6) is 11.5 Å². The molecule has 152 valence electrons. The smallest absolute Gasteiger partial charge is 0.417 e. The number of carboxylic acid groups (broad SMARTS) is 1. The topological polar surface area (TPSA) is 92.7 Å². The Morgan fingerprint density at radius 1 is 1.21 bits per heavy atom. The standard InChI is InChI=1S/C17H15ClF3NO5S/c1-2-28(25,26)15-6-4-11(8-12(15)17(19,20)21)27-14-7-10(18)3-5-13(14)22-9-16(23)24/h3-8,22H,2,9H2,1H3,(H,23,24). The van der Waals surface area contributed by atoms with Crippen molar-refractivity contribution in [2.24, 2.45) is 0 Å². The van der Waals surface area contributed by atoms with Gasteiger partial charge in [-0.3, -0.25) is 4.79 Å². The highest BCUT2D eigenvalue weighted by Gasteiger charge is 2.37. The monoisotopic (exact) mass is 437 g/mol. The Labute approximate surface area is 163 Å². The SMILES string of the molecule is CCS(=O)(=O)c1ccc(Oc2cc(Cl)ccc2NCC(=O)O)cc1C(F)(F)F. The number of carboxylic acids is 1. The van der Waals surface area contributed by atoms with Crippen molar-refractivity contribution in [3.05, 3.63) is 47.0 Å². The number of carbonyl (C=O) groups is 1. The van der Waals surface area contributed by atoms with Crippen molar-refractivity contribution in [3.63, 3.8) is 0 Å². The summed E-state index contributed by atoms with van der Waals surface area (Å²) < 4.78 is 69.5. The van der Waals surface area contributed by atoms with Crippen LogP contribution in [0.15, 0.2) is 41.3 Å². The molecule has 6 nitrogen and oxygen atoms in total. The van der Waals surface area contributed by atoms with Crippen molar-refractivity contribution in [1.29, 1.82) is 0 Å². The van der Waals surface area contributed by atoms with E-state index < -0.39 is 44.7 Å². The number of ether oxygens (including phenoxy) is 1. The summed E-state index contributed by atoms with van der Waals surface area (Å²) in [6.45, 7) is 0.783. The van der Waals surface area contributed by atoms with Gasteiger partial charge in [-0.1, -0.05) is 18.5 Å². The van der Waals surface area contributed by atoms with E-state index in [1.165, 1.54) is 25.1 Å². The quantitative estimate of drug-likeness (QED) is 0.665. The van der Waals surface area contributed by atoms with Gasteiger partial charge < -0.3 is 15.2 Å². The van der Waals surface area contributed by atoms with Crippen molar-refractivity contribution in [3.8, 4) is 11.5 Å². The van der Waals surface area contributed by atoms with Gasteiger partial charge in [0.25, 0.3) is 0 Å². The Bertz CT molecular complexity index is 993. The number of halogens is 4. The van der Waals surface area contributed by atoms with Crippen LogP contribution in [0.4, 0.5) is 18.9 Å². The Hall–Kier alpha value is -2.46. The Balaban J connectivity index is 2.48. The van der Waals surface area contributed by atoms with Crippen LogP contribution in [0.25, 0.3) is 0 Å². The zero-order valence-electron chi connectivity index (χ0n) is 14.4. The minimum Gasteiger partial charge on any atom is -0.480 e. The van der Waals surface area contributed by atoms with E-state index in [1.807, 2.05) is 0 Å². The Morgan fingerprint density at radius 3 is 2.46 bits per heavy atom. The van der Waals surface area contributed by atoms with E-state index in [0.29, 0.717) is 6.07 Å². The predicted octanol–water partition coefficient (Wildman–Crippen LogP) is 4.44. The molecule has 0 unspecified atom stereocenters. The third-order valence-electron chi connectivity index (χ3n) is 3.57. The van der Waals surface area contributed by atoms with E-state index in [9.17, 15) is 26.4 Å². The summed E-state index contributed by atoms with van der Waals surface area (Å²) in [6, 6.07) is 6.61. The van der Waals surface area contributed by atoms with Gasteiger partial charge in [0.1, 0.15) is 12.3 Å². The molecule has 0 spiro atoms. The van der Waals surface area contributed by atoms with Crippen LogP contribution >= 0.6 is 11.6 Å². The van der Waals surface area contributed by atoms with E-state index in [0.717, 1.165) is 12.1 Å². The molecule has 2 rings (SSSR count). The van der Waals surface area contributed by atoms with Crippen molar-refractivity contribution in [2.45, 2.75) is 18.0 Å². The number of anilines is 1. The first-order valence-electron chi connectivity index (χ1n) is 7.81. The third-order valence-corrected chi connectivity index (χ3v) is 5.59. The first-order valence-corrected chi connectivity index (χ1v) is 9.84. The lowest BCUT2D eigenvalue weighted by atomic mass is 10.2. The fourth-order valence-corrected chi connectivity index (χ4v) is 3.50. The fraction of sp³-hybridized carbons (Fsp3) is 0.235. The second-order valence-electron chi connectivity index (χ2n) is 5.55. The summed E-state index contributed by atoms with van der Waals surface area (Å²) in [4.78, 5) is 9.87. The molecule has 0 aliphatic heterocycles. The highest BCUT2D eigenvalue weighted by atomic mass is 35.5. The molecular weight excluding hydrogens is 423 g/mol. The molecule has 11 heteroatoms. The molecule has 0 heterocycles. The molecule has 2 aromatic rings. The van der Waals surface area contributed by atoms with Crippen LogP contribution in [0.3, 0.4) is 0 Å². The summed E-state index contributed by atoms with van der Waals surface area (Å²) >= 11 is 5.87. The highest BCUT2D eigenvalue weighted by Crippen LogP contribution is 2.39. The van der Waals surface area contributed by atoms with Gasteiger partial charge >= 0.3 is 12.1 Å². The zero-order chi connectivity index (χ0) is 21.1. The maximum Gasteiger partial charge on any atom is 0.417 e. The lowest BCUT2D eigenvalue weighted by Crippen LogP contribution is -2.15. The van der Waals surface area contributed by atoms with Crippen LogP contribution in [-0.2, 0) is 20.8 Å². The summed E-state index contributed by atoms with van der Waals surface area (Å²) in [5.41, 5.74) is -1.17. The van der Waals surface area contributed by atoms with Gasteiger partial charge in [-0.15, -0.1) is 0 Å². The van der Waals surface area contributed by atoms with Crippen LogP contribution in [0.2, 0.25) is 5.02 Å². The Kier molecular flexibility index (Phi) is 6.45. The molecule has 0 aliphatic carbocycles. The van der Waals surface area contributed by atoms with Crippen LogP contribution in [0.1, 0.15) is 12.5 Å². The molecule has 0 bridgehead atoms. The minimum atomic E-state index is -4.92. The lowest BCUT2D eigenvalue weighted by molar-refractivity contribution is -0.140. The highest BCUT2D eigenvalue weighted by molar-refractivity contribution is 7.91. The number of alkyl halides is 3. The number of rotatable bonds is 7. The Morgan fingerprint density at radius 2 is 1.89 bits per heavy atom. The molecule has 2 N–H and O–H groups in total. The first-order chi connectivity index (χ1) is 12.9. The van der Waals surface area contributed by atoms with E-state index >= 15 is 0 Å². The number of hydrogen-bond acceptors (Lipinski definition) is 5. The number of aliphatic carboxylic acids is 1. The molecule has 0 amide bonds. The van der Waals surface area contributed by atoms with Gasteiger partial charge in [0, 0.05) is 11.1 Å². The molecule has 2 aromatic carbocycles. The van der Waals surface area contributed by atoms with Gasteiger partial charge in [-0.05, 0) is 30.3 Å². The normalized spacial score (nSPS) is 11.9. The predicted molar refractivity (Wildman–Crippen MR) is 96.8 cm³/mol. The maximum absolute atomic E-state index is 13.4. The molecule has 0 saturated carbocycles. The van der Waals surface area contributed by atoms with Gasteiger partial charge in [0.2, 0.25) is 0 Å². The van der Waals surface area contributed by atoms with Gasteiger partial charge in [0.05, 0.1) is 21.9 Å². The molecule has 0 radical (unpaired) electrons. The van der Waals surface area contributed by atoms with Crippen LogP contribution < -0.4 is 10.1 Å². The number of sulfone groups is 1. The summed E-state index contributed by atoms with van der Waals surface area (Å²) in [6.07, 6.45) is -4.92. The van der Waals surface area contributed by atoms with Crippen molar-refractivity contribution < 1.29 is 36.2 Å². The largest absolute Gasteiger partial charge is 0.480 e. The van der Waals surface area contributed by atoms with Crippen molar-refractivity contribution in [2.75, 3.05) is 17.6 Å². The zero-order valence-corrected chi connectivity index (χ0v) is 16.0. The van der Waals surface area contributed by atoms with Crippen molar-refractivity contribution >= 4 is 33.1 Å². The first kappa shape index (κ1) is 21.8. The molecule has 0 fully saturated rings. The molecule has 0 saturated heterocycles. The second-order valence-corrected chi connectivity index (χ2v) is 8.23. The molecular formula is C17H15ClF3NO5S. The maximum atomic E-state index is 13.4. The number of nitrogens with one attached hydrogen (secondary N) is 1. The summed E-state index contributed by atoms with van der Waals surface area (Å²) in [5, 5.41) is 11.5. The van der Waals surface area contributed by atoms with E-state index in [4.69, 9.17) is 21.4 Å². The van der Waals surface area contributed by atoms with E-state index in [1.54, 1.807) is 0 Å². The fourth-order valence-electron chi connectivity index (χ4n) is 2.25.